The third-order valence-corrected chi connectivity index (χ3v) is 2.31. The van der Waals surface area contributed by atoms with Crippen molar-refractivity contribution in [2.24, 2.45) is 0 Å². The summed E-state index contributed by atoms with van der Waals surface area (Å²) in [6.07, 6.45) is 2.53. The fourth-order valence-electron chi connectivity index (χ4n) is 1.33. The summed E-state index contributed by atoms with van der Waals surface area (Å²) in [5, 5.41) is 2.79. The Kier molecular flexibility index (Phi) is 4.53. The number of carbonyl (C=O) groups excluding carboxylic acids is 1. The maximum atomic E-state index is 11.6. The highest BCUT2D eigenvalue weighted by atomic mass is 16.1. The van der Waals surface area contributed by atoms with Crippen LogP contribution in [0.5, 0.6) is 0 Å². The van der Waals surface area contributed by atoms with E-state index in [0.717, 1.165) is 12.0 Å². The number of nitrogens with one attached hydrogen (secondary N) is 1. The van der Waals surface area contributed by atoms with Gasteiger partial charge in [-0.05, 0) is 25.5 Å². The molecule has 0 spiro atoms. The van der Waals surface area contributed by atoms with E-state index in [2.05, 4.69) is 10.3 Å². The number of hydrogen-bond acceptors (Lipinski definition) is 2. The summed E-state index contributed by atoms with van der Waals surface area (Å²) >= 11 is 0. The summed E-state index contributed by atoms with van der Waals surface area (Å²) in [5.41, 5.74) is 1.39. The fraction of sp³-hybridized carbons (Fsp3) is 0.500. The van der Waals surface area contributed by atoms with Gasteiger partial charge in [-0.3, -0.25) is 9.78 Å². The van der Waals surface area contributed by atoms with Crippen molar-refractivity contribution in [1.82, 2.24) is 10.3 Å². The Labute approximate surface area is 98.1 Å². The van der Waals surface area contributed by atoms with Crippen LogP contribution in [-0.2, 0) is 0 Å². The Morgan fingerprint density at radius 2 is 2.19 bits per heavy atom. The predicted molar refractivity (Wildman–Crippen MR) is 65.6 cm³/mol. The summed E-state index contributed by atoms with van der Waals surface area (Å²) in [6.45, 7) is 5.85. The van der Waals surface area contributed by atoms with E-state index in [-0.39, 0.29) is 17.8 Å². The maximum Gasteiger partial charge on any atom is 0.270 e. The molecule has 0 aliphatic rings. The van der Waals surface area contributed by atoms with E-state index in [1.54, 1.807) is 12.3 Å². The molecular weight excluding hydrogens is 199 g/mol. The monoisotopic (exact) mass is 216 g/mol. The summed E-state index contributed by atoms with van der Waals surface area (Å²) in [7, 11) is 5.86. The van der Waals surface area contributed by atoms with Gasteiger partial charge in [0.05, 0.1) is 7.85 Å². The van der Waals surface area contributed by atoms with Crippen LogP contribution in [0.1, 0.15) is 49.1 Å². The zero-order chi connectivity index (χ0) is 12.1. The normalized spacial score (nSPS) is 12.5. The van der Waals surface area contributed by atoms with Crippen molar-refractivity contribution in [2.45, 2.75) is 39.1 Å². The third-order valence-electron chi connectivity index (χ3n) is 2.31. The average molecular weight is 216 g/mol. The van der Waals surface area contributed by atoms with Crippen molar-refractivity contribution in [3.8, 4) is 0 Å². The molecule has 1 amide bonds. The van der Waals surface area contributed by atoms with Crippen LogP contribution in [-0.4, -0.2) is 24.8 Å². The van der Waals surface area contributed by atoms with Gasteiger partial charge in [0.1, 0.15) is 5.69 Å². The van der Waals surface area contributed by atoms with Gasteiger partial charge < -0.3 is 5.32 Å². The summed E-state index contributed by atoms with van der Waals surface area (Å²) in [6, 6.07) is 3.69. The van der Waals surface area contributed by atoms with Crippen molar-refractivity contribution in [3.05, 3.63) is 29.6 Å². The second kappa shape index (κ2) is 5.68. The van der Waals surface area contributed by atoms with Gasteiger partial charge in [-0.1, -0.05) is 25.2 Å². The van der Waals surface area contributed by atoms with E-state index in [1.807, 2.05) is 26.8 Å². The van der Waals surface area contributed by atoms with Crippen LogP contribution in [0.15, 0.2) is 18.3 Å². The largest absolute Gasteiger partial charge is 0.349 e. The molecule has 1 N–H and O–H groups in total. The fourth-order valence-corrected chi connectivity index (χ4v) is 1.33. The second-order valence-corrected chi connectivity index (χ2v) is 4.12. The highest BCUT2D eigenvalue weighted by molar-refractivity contribution is 6.12. The first-order valence-corrected chi connectivity index (χ1v) is 5.57. The SMILES string of the molecule is [B]C(CC)c1ccc(C(=O)NC(C)C)nc1. The lowest BCUT2D eigenvalue weighted by Crippen LogP contribution is -2.30. The molecule has 4 heteroatoms. The van der Waals surface area contributed by atoms with Crippen molar-refractivity contribution in [3.63, 3.8) is 0 Å². The molecule has 0 aliphatic carbocycles. The quantitative estimate of drug-likeness (QED) is 0.780. The Bertz CT molecular complexity index is 349. The number of rotatable bonds is 4. The molecule has 1 unspecified atom stereocenters. The average Bonchev–Trinajstić information content (AvgIpc) is 2.27. The maximum absolute atomic E-state index is 11.6. The summed E-state index contributed by atoms with van der Waals surface area (Å²) < 4.78 is 0. The van der Waals surface area contributed by atoms with Gasteiger partial charge in [0, 0.05) is 12.2 Å². The summed E-state index contributed by atoms with van der Waals surface area (Å²) in [4.78, 5) is 15.7. The molecule has 0 aromatic carbocycles. The minimum atomic E-state index is -0.147. The van der Waals surface area contributed by atoms with Crippen LogP contribution in [0, 0.1) is 0 Å². The lowest BCUT2D eigenvalue weighted by Gasteiger charge is -2.10. The van der Waals surface area contributed by atoms with E-state index in [1.165, 1.54) is 0 Å². The van der Waals surface area contributed by atoms with Crippen LogP contribution in [0.4, 0.5) is 0 Å². The topological polar surface area (TPSA) is 42.0 Å². The molecular formula is C12H17BN2O. The van der Waals surface area contributed by atoms with Gasteiger partial charge in [-0.15, -0.1) is 0 Å². The number of amides is 1. The van der Waals surface area contributed by atoms with E-state index in [9.17, 15) is 4.79 Å². The van der Waals surface area contributed by atoms with Crippen molar-refractivity contribution in [2.75, 3.05) is 0 Å². The Balaban J connectivity index is 2.74. The van der Waals surface area contributed by atoms with Crippen molar-refractivity contribution < 1.29 is 4.79 Å². The molecule has 1 heterocycles. The highest BCUT2D eigenvalue weighted by Gasteiger charge is 2.09. The molecule has 0 saturated heterocycles. The van der Waals surface area contributed by atoms with Gasteiger partial charge >= 0.3 is 0 Å². The molecule has 0 saturated carbocycles. The number of carbonyl (C=O) groups is 1. The van der Waals surface area contributed by atoms with E-state index >= 15 is 0 Å². The first-order chi connectivity index (χ1) is 7.54. The van der Waals surface area contributed by atoms with Crippen molar-refractivity contribution >= 4 is 13.8 Å². The standard InChI is InChI=1S/C12H17BN2O/c1-4-10(13)9-5-6-11(14-7-9)12(16)15-8(2)3/h5-8,10H,4H2,1-3H3,(H,15,16). The molecule has 1 rings (SSSR count). The highest BCUT2D eigenvalue weighted by Crippen LogP contribution is 2.14. The van der Waals surface area contributed by atoms with Crippen LogP contribution < -0.4 is 5.32 Å². The Morgan fingerprint density at radius 3 is 2.62 bits per heavy atom. The Morgan fingerprint density at radius 1 is 1.50 bits per heavy atom. The van der Waals surface area contributed by atoms with Gasteiger partial charge in [0.25, 0.3) is 5.91 Å². The number of nitrogens with zero attached hydrogens (tertiary/aromatic N) is 1. The summed E-state index contributed by atoms with van der Waals surface area (Å²) in [5.74, 6) is -0.152. The molecule has 1 aromatic heterocycles. The molecule has 2 radical (unpaired) electrons. The van der Waals surface area contributed by atoms with Crippen LogP contribution in [0.3, 0.4) is 0 Å². The van der Waals surface area contributed by atoms with E-state index < -0.39 is 0 Å². The minimum Gasteiger partial charge on any atom is -0.349 e. The van der Waals surface area contributed by atoms with E-state index in [0.29, 0.717) is 5.69 Å². The lowest BCUT2D eigenvalue weighted by atomic mass is 9.80. The zero-order valence-corrected chi connectivity index (χ0v) is 10.0. The second-order valence-electron chi connectivity index (χ2n) is 4.12. The first-order valence-electron chi connectivity index (χ1n) is 5.57. The van der Waals surface area contributed by atoms with Gasteiger partial charge in [-0.2, -0.15) is 0 Å². The number of aromatic nitrogens is 1. The van der Waals surface area contributed by atoms with Gasteiger partial charge in [-0.25, -0.2) is 0 Å². The van der Waals surface area contributed by atoms with Crippen molar-refractivity contribution in [1.29, 1.82) is 0 Å². The molecule has 16 heavy (non-hydrogen) atoms. The molecule has 1 atom stereocenters. The molecule has 0 aliphatic heterocycles. The Hall–Kier alpha value is -1.32. The number of hydrogen-bond donors (Lipinski definition) is 1. The smallest absolute Gasteiger partial charge is 0.270 e. The van der Waals surface area contributed by atoms with Crippen LogP contribution in [0.2, 0.25) is 0 Å². The number of pyridine rings is 1. The predicted octanol–water partition coefficient (Wildman–Crippen LogP) is 1.84. The molecule has 84 valence electrons. The molecule has 0 fully saturated rings. The molecule has 0 bridgehead atoms. The zero-order valence-electron chi connectivity index (χ0n) is 10.0. The molecule has 3 nitrogen and oxygen atoms in total. The first kappa shape index (κ1) is 12.8. The van der Waals surface area contributed by atoms with Gasteiger partial charge in [0.15, 0.2) is 0 Å². The van der Waals surface area contributed by atoms with Crippen LogP contribution >= 0.6 is 0 Å². The van der Waals surface area contributed by atoms with Crippen LogP contribution in [0.25, 0.3) is 0 Å². The van der Waals surface area contributed by atoms with E-state index in [4.69, 9.17) is 7.85 Å². The minimum absolute atomic E-state index is 0.00490. The molecule has 1 aromatic rings. The third kappa shape index (κ3) is 3.37. The van der Waals surface area contributed by atoms with Gasteiger partial charge in [0.2, 0.25) is 0 Å². The lowest BCUT2D eigenvalue weighted by molar-refractivity contribution is 0.0938.